The van der Waals surface area contributed by atoms with Crippen LogP contribution in [0.5, 0.6) is 5.75 Å². The van der Waals surface area contributed by atoms with Gasteiger partial charge in [-0.15, -0.1) is 0 Å². The molecule has 0 bridgehead atoms. The minimum atomic E-state index is -0.487. The van der Waals surface area contributed by atoms with E-state index in [0.29, 0.717) is 12.3 Å². The summed E-state index contributed by atoms with van der Waals surface area (Å²) in [7, 11) is 0. The number of aliphatic hydroxyl groups is 1. The number of likely N-dealkylation sites (tertiary alicyclic amines) is 1. The molecule has 1 aromatic carbocycles. The van der Waals surface area contributed by atoms with Crippen molar-refractivity contribution in [3.63, 3.8) is 0 Å². The predicted octanol–water partition coefficient (Wildman–Crippen LogP) is 2.14. The second kappa shape index (κ2) is 6.75. The van der Waals surface area contributed by atoms with Gasteiger partial charge in [0.1, 0.15) is 5.75 Å². The number of nitrogens with zero attached hydrogens (tertiary/aromatic N) is 1. The lowest BCUT2D eigenvalue weighted by atomic mass is 9.98. The van der Waals surface area contributed by atoms with E-state index in [4.69, 9.17) is 4.74 Å². The van der Waals surface area contributed by atoms with Gasteiger partial charge in [0.05, 0.1) is 12.1 Å². The molecule has 0 aromatic heterocycles. The number of hydrogen-bond donors (Lipinski definition) is 1. The van der Waals surface area contributed by atoms with Crippen LogP contribution in [0.15, 0.2) is 24.3 Å². The summed E-state index contributed by atoms with van der Waals surface area (Å²) in [5.41, 5.74) is 1.16. The zero-order valence-corrected chi connectivity index (χ0v) is 12.2. The number of ether oxygens (including phenoxy) is 1. The molecule has 1 amide bonds. The van der Waals surface area contributed by atoms with E-state index < -0.39 is 6.10 Å². The summed E-state index contributed by atoms with van der Waals surface area (Å²) < 4.78 is 5.53. The van der Waals surface area contributed by atoms with Crippen LogP contribution in [0.25, 0.3) is 0 Å². The van der Waals surface area contributed by atoms with E-state index in [1.54, 1.807) is 11.8 Å². The van der Waals surface area contributed by atoms with Crippen LogP contribution in [0.4, 0.5) is 0 Å². The fraction of sp³-hybridized carbons (Fsp3) is 0.562. The summed E-state index contributed by atoms with van der Waals surface area (Å²) in [4.78, 5) is 14.0. The summed E-state index contributed by atoms with van der Waals surface area (Å²) >= 11 is 0. The van der Waals surface area contributed by atoms with Crippen molar-refractivity contribution in [1.82, 2.24) is 4.90 Å². The maximum Gasteiger partial charge on any atom is 0.260 e. The summed E-state index contributed by atoms with van der Waals surface area (Å²) in [6.45, 7) is 4.50. The zero-order valence-electron chi connectivity index (χ0n) is 12.2. The second-order valence-corrected chi connectivity index (χ2v) is 5.49. The van der Waals surface area contributed by atoms with Gasteiger partial charge in [-0.2, -0.15) is 0 Å². The summed E-state index contributed by atoms with van der Waals surface area (Å²) in [6, 6.07) is 7.58. The Morgan fingerprint density at radius 3 is 2.75 bits per heavy atom. The zero-order chi connectivity index (χ0) is 14.5. The van der Waals surface area contributed by atoms with Crippen LogP contribution in [0, 0.1) is 6.92 Å². The van der Waals surface area contributed by atoms with E-state index in [1.165, 1.54) is 0 Å². The first-order valence-electron chi connectivity index (χ1n) is 7.25. The van der Waals surface area contributed by atoms with Crippen LogP contribution in [-0.2, 0) is 4.79 Å². The predicted molar refractivity (Wildman–Crippen MR) is 77.7 cm³/mol. The Morgan fingerprint density at radius 1 is 1.40 bits per heavy atom. The molecule has 1 aliphatic heterocycles. The van der Waals surface area contributed by atoms with Crippen molar-refractivity contribution < 1.29 is 14.6 Å². The first kappa shape index (κ1) is 14.9. The van der Waals surface area contributed by atoms with Crippen LogP contribution in [0.3, 0.4) is 0 Å². The number of aliphatic hydroxyl groups excluding tert-OH is 1. The topological polar surface area (TPSA) is 49.8 Å². The molecule has 2 atom stereocenters. The number of rotatable bonds is 4. The normalized spacial score (nSPS) is 20.6. The lowest BCUT2D eigenvalue weighted by molar-refractivity contribution is -0.139. The van der Waals surface area contributed by atoms with Gasteiger partial charge in [0, 0.05) is 6.54 Å². The van der Waals surface area contributed by atoms with Crippen molar-refractivity contribution in [3.8, 4) is 5.75 Å². The van der Waals surface area contributed by atoms with Gasteiger partial charge in [-0.25, -0.2) is 0 Å². The van der Waals surface area contributed by atoms with Gasteiger partial charge >= 0.3 is 0 Å². The van der Waals surface area contributed by atoms with E-state index in [2.05, 4.69) is 0 Å². The molecule has 1 aliphatic rings. The Labute approximate surface area is 120 Å². The third-order valence-electron chi connectivity index (χ3n) is 3.81. The van der Waals surface area contributed by atoms with E-state index in [-0.39, 0.29) is 18.6 Å². The van der Waals surface area contributed by atoms with Crippen LogP contribution in [0.2, 0.25) is 0 Å². The van der Waals surface area contributed by atoms with Gasteiger partial charge in [-0.1, -0.05) is 17.7 Å². The van der Waals surface area contributed by atoms with Crippen molar-refractivity contribution in [2.45, 2.75) is 45.3 Å². The molecule has 0 aliphatic carbocycles. The van der Waals surface area contributed by atoms with Crippen LogP contribution < -0.4 is 4.74 Å². The van der Waals surface area contributed by atoms with Gasteiger partial charge in [-0.05, 0) is 45.2 Å². The molecule has 0 unspecified atom stereocenters. The highest BCUT2D eigenvalue weighted by atomic mass is 16.5. The number of carbonyl (C=O) groups excluding carboxylic acids is 1. The van der Waals surface area contributed by atoms with Crippen molar-refractivity contribution in [3.05, 3.63) is 29.8 Å². The fourth-order valence-corrected chi connectivity index (χ4v) is 2.63. The lowest BCUT2D eigenvalue weighted by Crippen LogP contribution is -2.50. The molecule has 0 saturated carbocycles. The minimum absolute atomic E-state index is 0.0340. The second-order valence-electron chi connectivity index (χ2n) is 5.49. The molecule has 20 heavy (non-hydrogen) atoms. The van der Waals surface area contributed by atoms with Gasteiger partial charge in [0.15, 0.2) is 6.61 Å². The van der Waals surface area contributed by atoms with E-state index in [9.17, 15) is 9.90 Å². The molecule has 0 radical (unpaired) electrons. The third-order valence-corrected chi connectivity index (χ3v) is 3.81. The van der Waals surface area contributed by atoms with Gasteiger partial charge in [-0.3, -0.25) is 4.79 Å². The smallest absolute Gasteiger partial charge is 0.260 e. The van der Waals surface area contributed by atoms with Crippen LogP contribution in [0.1, 0.15) is 31.7 Å². The standard InChI is InChI=1S/C16H23NO3/c1-12-6-8-14(9-7-12)20-11-16(19)17-10-4-3-5-15(17)13(2)18/h6-9,13,15,18H,3-5,10-11H2,1-2H3/t13-,15-/m1/s1. The average molecular weight is 277 g/mol. The minimum Gasteiger partial charge on any atom is -0.484 e. The molecular formula is C16H23NO3. The first-order valence-corrected chi connectivity index (χ1v) is 7.25. The SMILES string of the molecule is Cc1ccc(OCC(=O)N2CCCC[C@@H]2[C@@H](C)O)cc1. The van der Waals surface area contributed by atoms with Gasteiger partial charge in [0.2, 0.25) is 0 Å². The number of amides is 1. The number of aryl methyl sites for hydroxylation is 1. The van der Waals surface area contributed by atoms with Gasteiger partial charge in [0.25, 0.3) is 5.91 Å². The monoisotopic (exact) mass is 277 g/mol. The van der Waals surface area contributed by atoms with Gasteiger partial charge < -0.3 is 14.7 Å². The Hall–Kier alpha value is -1.55. The lowest BCUT2D eigenvalue weighted by Gasteiger charge is -2.37. The van der Waals surface area contributed by atoms with E-state index in [1.807, 2.05) is 31.2 Å². The fourth-order valence-electron chi connectivity index (χ4n) is 2.63. The van der Waals surface area contributed by atoms with Crippen molar-refractivity contribution in [2.24, 2.45) is 0 Å². The first-order chi connectivity index (χ1) is 9.58. The maximum atomic E-state index is 12.2. The number of benzene rings is 1. The quantitative estimate of drug-likeness (QED) is 0.917. The maximum absolute atomic E-state index is 12.2. The third kappa shape index (κ3) is 3.73. The number of hydrogen-bond acceptors (Lipinski definition) is 3. The molecule has 4 nitrogen and oxygen atoms in total. The Bertz CT molecular complexity index is 442. The summed E-state index contributed by atoms with van der Waals surface area (Å²) in [6.07, 6.45) is 2.45. The van der Waals surface area contributed by atoms with Crippen molar-refractivity contribution in [2.75, 3.05) is 13.2 Å². The molecule has 0 spiro atoms. The molecule has 1 aromatic rings. The summed E-state index contributed by atoms with van der Waals surface area (Å²) in [5.74, 6) is 0.658. The van der Waals surface area contributed by atoms with Crippen molar-refractivity contribution in [1.29, 1.82) is 0 Å². The summed E-state index contributed by atoms with van der Waals surface area (Å²) in [5, 5.41) is 9.78. The Morgan fingerprint density at radius 2 is 2.10 bits per heavy atom. The molecule has 110 valence electrons. The average Bonchev–Trinajstić information content (AvgIpc) is 2.46. The molecule has 4 heteroatoms. The Balaban J connectivity index is 1.91. The van der Waals surface area contributed by atoms with Crippen LogP contribution >= 0.6 is 0 Å². The molecule has 2 rings (SSSR count). The van der Waals surface area contributed by atoms with E-state index >= 15 is 0 Å². The molecule has 1 fully saturated rings. The number of carbonyl (C=O) groups is 1. The molecule has 1 N–H and O–H groups in total. The molecule has 1 heterocycles. The highest BCUT2D eigenvalue weighted by molar-refractivity contribution is 5.78. The highest BCUT2D eigenvalue weighted by Gasteiger charge is 2.29. The highest BCUT2D eigenvalue weighted by Crippen LogP contribution is 2.20. The molecule has 1 saturated heterocycles. The Kier molecular flexibility index (Phi) is 5.01. The van der Waals surface area contributed by atoms with Crippen LogP contribution in [-0.4, -0.2) is 41.2 Å². The number of piperidine rings is 1. The van der Waals surface area contributed by atoms with E-state index in [0.717, 1.165) is 24.8 Å². The largest absolute Gasteiger partial charge is 0.484 e. The van der Waals surface area contributed by atoms with Crippen molar-refractivity contribution >= 4 is 5.91 Å². The molecular weight excluding hydrogens is 254 g/mol.